The first kappa shape index (κ1) is 16.8. The van der Waals surface area contributed by atoms with Crippen molar-refractivity contribution < 1.29 is 9.18 Å². The molecule has 1 amide bonds. The lowest BCUT2D eigenvalue weighted by Gasteiger charge is -2.13. The van der Waals surface area contributed by atoms with Crippen LogP contribution in [0, 0.1) is 5.82 Å². The lowest BCUT2D eigenvalue weighted by Crippen LogP contribution is -2.24. The molecule has 0 bridgehead atoms. The molecule has 0 saturated heterocycles. The molecule has 0 saturated carbocycles. The number of carbonyl (C=O) groups is 1. The van der Waals surface area contributed by atoms with Crippen molar-refractivity contribution in [1.29, 1.82) is 0 Å². The first-order valence-corrected chi connectivity index (χ1v) is 8.70. The molecule has 2 aromatic carbocycles. The molecule has 124 valence electrons. The van der Waals surface area contributed by atoms with E-state index < -0.39 is 5.82 Å². The molecule has 1 aromatic heterocycles. The van der Waals surface area contributed by atoms with Crippen LogP contribution in [-0.4, -0.2) is 21.1 Å². The van der Waals surface area contributed by atoms with Crippen molar-refractivity contribution in [2.75, 3.05) is 5.32 Å². The van der Waals surface area contributed by atoms with E-state index in [0.29, 0.717) is 17.3 Å². The maximum Gasteiger partial charge on any atom is 0.237 e. The summed E-state index contributed by atoms with van der Waals surface area (Å²) < 4.78 is 13.2. The van der Waals surface area contributed by atoms with E-state index in [0.717, 1.165) is 11.0 Å². The Morgan fingerprint density at radius 1 is 1.38 bits per heavy atom. The molecule has 2 N–H and O–H groups in total. The number of rotatable bonds is 5. The third kappa shape index (κ3) is 3.71. The van der Waals surface area contributed by atoms with Crippen LogP contribution >= 0.6 is 23.4 Å². The van der Waals surface area contributed by atoms with Gasteiger partial charge in [-0.15, -0.1) is 0 Å². The van der Waals surface area contributed by atoms with Crippen LogP contribution in [0.25, 0.3) is 11.0 Å². The van der Waals surface area contributed by atoms with Crippen molar-refractivity contribution in [2.45, 2.75) is 23.8 Å². The number of amides is 1. The topological polar surface area (TPSA) is 57.8 Å². The number of aromatic amines is 1. The molecule has 24 heavy (non-hydrogen) atoms. The quantitative estimate of drug-likeness (QED) is 0.636. The van der Waals surface area contributed by atoms with E-state index in [4.69, 9.17) is 11.6 Å². The van der Waals surface area contributed by atoms with E-state index in [9.17, 15) is 9.18 Å². The Balaban J connectivity index is 1.72. The van der Waals surface area contributed by atoms with Gasteiger partial charge in [0.25, 0.3) is 0 Å². The SMILES string of the molecule is CCC(Sc1nc2ccccc2[nH]1)C(=O)Nc1ccc(F)c(Cl)c1. The first-order chi connectivity index (χ1) is 11.6. The molecule has 1 unspecified atom stereocenters. The van der Waals surface area contributed by atoms with E-state index >= 15 is 0 Å². The summed E-state index contributed by atoms with van der Waals surface area (Å²) in [5, 5.41) is 3.11. The van der Waals surface area contributed by atoms with Crippen molar-refractivity contribution in [3.63, 3.8) is 0 Å². The molecule has 7 heteroatoms. The van der Waals surface area contributed by atoms with Gasteiger partial charge in [0, 0.05) is 5.69 Å². The number of hydrogen-bond acceptors (Lipinski definition) is 3. The summed E-state index contributed by atoms with van der Waals surface area (Å²) in [6.45, 7) is 1.93. The molecule has 0 fully saturated rings. The highest BCUT2D eigenvalue weighted by molar-refractivity contribution is 8.00. The van der Waals surface area contributed by atoms with Crippen LogP contribution in [0.15, 0.2) is 47.6 Å². The molecule has 0 aliphatic carbocycles. The Morgan fingerprint density at radius 3 is 2.88 bits per heavy atom. The van der Waals surface area contributed by atoms with E-state index in [-0.39, 0.29) is 16.2 Å². The second-order valence-electron chi connectivity index (χ2n) is 5.19. The summed E-state index contributed by atoms with van der Waals surface area (Å²) in [7, 11) is 0. The van der Waals surface area contributed by atoms with Gasteiger partial charge in [0.15, 0.2) is 5.16 Å². The monoisotopic (exact) mass is 363 g/mol. The number of nitrogens with zero attached hydrogens (tertiary/aromatic N) is 1. The molecule has 0 aliphatic rings. The Morgan fingerprint density at radius 2 is 2.17 bits per heavy atom. The van der Waals surface area contributed by atoms with Crippen molar-refractivity contribution in [3.05, 3.63) is 53.3 Å². The predicted octanol–water partition coefficient (Wildman–Crippen LogP) is 4.86. The summed E-state index contributed by atoms with van der Waals surface area (Å²) in [5.41, 5.74) is 2.26. The van der Waals surface area contributed by atoms with E-state index in [1.807, 2.05) is 31.2 Å². The van der Waals surface area contributed by atoms with Crippen molar-refractivity contribution in [2.24, 2.45) is 0 Å². The largest absolute Gasteiger partial charge is 0.333 e. The van der Waals surface area contributed by atoms with E-state index in [1.54, 1.807) is 0 Å². The fraction of sp³-hybridized carbons (Fsp3) is 0.176. The fourth-order valence-corrected chi connectivity index (χ4v) is 3.34. The third-order valence-corrected chi connectivity index (χ3v) is 5.01. The molecule has 0 aliphatic heterocycles. The van der Waals surface area contributed by atoms with Crippen LogP contribution in [0.5, 0.6) is 0 Å². The maximum absolute atomic E-state index is 13.2. The highest BCUT2D eigenvalue weighted by Gasteiger charge is 2.20. The highest BCUT2D eigenvalue weighted by Crippen LogP contribution is 2.27. The maximum atomic E-state index is 13.2. The lowest BCUT2D eigenvalue weighted by atomic mass is 10.2. The molecule has 1 heterocycles. The number of hydrogen-bond donors (Lipinski definition) is 2. The standard InChI is InChI=1S/C17H15ClFN3OS/c1-2-15(16(23)20-10-7-8-12(19)11(18)9-10)24-17-21-13-5-3-4-6-14(13)22-17/h3-9,15H,2H2,1H3,(H,20,23)(H,21,22). The summed E-state index contributed by atoms with van der Waals surface area (Å²) >= 11 is 7.10. The number of aromatic nitrogens is 2. The van der Waals surface area contributed by atoms with Crippen LogP contribution in [0.4, 0.5) is 10.1 Å². The fourth-order valence-electron chi connectivity index (χ4n) is 2.24. The zero-order valence-corrected chi connectivity index (χ0v) is 14.4. The predicted molar refractivity (Wildman–Crippen MR) is 96.1 cm³/mol. The number of thioether (sulfide) groups is 1. The van der Waals surface area contributed by atoms with Crippen molar-refractivity contribution in [3.8, 4) is 0 Å². The summed E-state index contributed by atoms with van der Waals surface area (Å²) in [6.07, 6.45) is 0.627. The van der Waals surface area contributed by atoms with Gasteiger partial charge in [0.05, 0.1) is 21.3 Å². The number of nitrogens with one attached hydrogen (secondary N) is 2. The lowest BCUT2D eigenvalue weighted by molar-refractivity contribution is -0.115. The molecular weight excluding hydrogens is 349 g/mol. The van der Waals surface area contributed by atoms with Crippen LogP contribution in [0.1, 0.15) is 13.3 Å². The molecular formula is C17H15ClFN3OS. The second-order valence-corrected chi connectivity index (χ2v) is 6.79. The molecule has 0 spiro atoms. The first-order valence-electron chi connectivity index (χ1n) is 7.44. The Hall–Kier alpha value is -2.05. The molecule has 0 radical (unpaired) electrons. The summed E-state index contributed by atoms with van der Waals surface area (Å²) in [4.78, 5) is 20.1. The van der Waals surface area contributed by atoms with Crippen LogP contribution in [0.2, 0.25) is 5.02 Å². The minimum Gasteiger partial charge on any atom is -0.333 e. The molecule has 3 aromatic rings. The number of imidazole rings is 1. The van der Waals surface area contributed by atoms with Crippen LogP contribution in [-0.2, 0) is 4.79 Å². The molecule has 4 nitrogen and oxygen atoms in total. The van der Waals surface area contributed by atoms with Crippen molar-refractivity contribution in [1.82, 2.24) is 9.97 Å². The number of halogens is 2. The smallest absolute Gasteiger partial charge is 0.237 e. The van der Waals surface area contributed by atoms with Gasteiger partial charge in [0.1, 0.15) is 5.82 Å². The third-order valence-electron chi connectivity index (χ3n) is 3.47. The normalized spacial score (nSPS) is 12.3. The van der Waals surface area contributed by atoms with Crippen LogP contribution < -0.4 is 5.32 Å². The molecule has 3 rings (SSSR count). The van der Waals surface area contributed by atoms with Gasteiger partial charge < -0.3 is 10.3 Å². The van der Waals surface area contributed by atoms with Crippen LogP contribution in [0.3, 0.4) is 0 Å². The Kier molecular flexibility index (Phi) is 5.06. The number of benzene rings is 2. The Bertz CT molecular complexity index is 850. The van der Waals surface area contributed by atoms with Gasteiger partial charge >= 0.3 is 0 Å². The van der Waals surface area contributed by atoms with Gasteiger partial charge in [0.2, 0.25) is 5.91 Å². The second kappa shape index (κ2) is 7.23. The number of anilines is 1. The van der Waals surface area contributed by atoms with E-state index in [1.165, 1.54) is 30.0 Å². The summed E-state index contributed by atoms with van der Waals surface area (Å²) in [5.74, 6) is -0.691. The van der Waals surface area contributed by atoms with Gasteiger partial charge in [-0.05, 0) is 36.8 Å². The minimum atomic E-state index is -0.515. The van der Waals surface area contributed by atoms with Gasteiger partial charge in [-0.2, -0.15) is 0 Å². The van der Waals surface area contributed by atoms with Gasteiger partial charge in [-0.1, -0.05) is 42.4 Å². The molecule has 1 atom stereocenters. The number of carbonyl (C=O) groups excluding carboxylic acids is 1. The average Bonchev–Trinajstić information content (AvgIpc) is 2.98. The average molecular weight is 364 g/mol. The number of para-hydroxylation sites is 2. The minimum absolute atomic E-state index is 0.0224. The summed E-state index contributed by atoms with van der Waals surface area (Å²) in [6, 6.07) is 11.8. The zero-order valence-electron chi connectivity index (χ0n) is 12.8. The number of fused-ring (bicyclic) bond motifs is 1. The highest BCUT2D eigenvalue weighted by atomic mass is 35.5. The number of H-pyrrole nitrogens is 1. The van der Waals surface area contributed by atoms with Crippen molar-refractivity contribution >= 4 is 46.0 Å². The van der Waals surface area contributed by atoms with Gasteiger partial charge in [-0.3, -0.25) is 4.79 Å². The van der Waals surface area contributed by atoms with Gasteiger partial charge in [-0.25, -0.2) is 9.37 Å². The zero-order chi connectivity index (χ0) is 17.1. The Labute approximate surface area is 147 Å². The van der Waals surface area contributed by atoms with E-state index in [2.05, 4.69) is 15.3 Å².